The Kier molecular flexibility index (Phi) is 5.85. The van der Waals surface area contributed by atoms with Crippen LogP contribution in [0.1, 0.15) is 18.9 Å². The van der Waals surface area contributed by atoms with Gasteiger partial charge in [-0.1, -0.05) is 43.0 Å². The fourth-order valence-electron chi connectivity index (χ4n) is 3.39. The first-order chi connectivity index (χ1) is 14.6. The maximum Gasteiger partial charge on any atom is 0.324 e. The normalized spacial score (nSPS) is 13.8. The molecule has 0 atom stereocenters. The summed E-state index contributed by atoms with van der Waals surface area (Å²) in [5.41, 5.74) is 2.51. The van der Waals surface area contributed by atoms with E-state index in [-0.39, 0.29) is 24.0 Å². The summed E-state index contributed by atoms with van der Waals surface area (Å²) in [6.45, 7) is 2.50. The Bertz CT molecular complexity index is 1140. The molecule has 1 fully saturated rings. The van der Waals surface area contributed by atoms with Crippen LogP contribution in [0.3, 0.4) is 0 Å². The number of nitrogens with zero attached hydrogens (tertiary/aromatic N) is 3. The molecule has 1 aliphatic rings. The molecule has 0 spiro atoms. The number of carbonyl (C=O) groups is 2. The Morgan fingerprint density at radius 1 is 1.07 bits per heavy atom. The van der Waals surface area contributed by atoms with Crippen LogP contribution in [0.15, 0.2) is 58.5 Å². The Hall–Kier alpha value is -3.13. The van der Waals surface area contributed by atoms with E-state index < -0.39 is 0 Å². The summed E-state index contributed by atoms with van der Waals surface area (Å²) in [6.07, 6.45) is 1.54. The van der Waals surface area contributed by atoms with Crippen molar-refractivity contribution in [1.29, 1.82) is 0 Å². The number of thioether (sulfide) groups is 1. The molecule has 0 bridgehead atoms. The minimum Gasteiger partial charge on any atom is -0.329 e. The van der Waals surface area contributed by atoms with Gasteiger partial charge in [0.15, 0.2) is 5.16 Å². The topological polar surface area (TPSA) is 84.3 Å². The number of rotatable bonds is 7. The van der Waals surface area contributed by atoms with Crippen molar-refractivity contribution in [3.05, 3.63) is 64.4 Å². The van der Waals surface area contributed by atoms with Crippen LogP contribution in [-0.4, -0.2) is 45.2 Å². The molecule has 1 N–H and O–H groups in total. The molecule has 154 valence electrons. The van der Waals surface area contributed by atoms with Crippen LogP contribution >= 0.6 is 11.8 Å². The van der Waals surface area contributed by atoms with E-state index in [0.29, 0.717) is 34.8 Å². The second-order valence-corrected chi connectivity index (χ2v) is 8.04. The van der Waals surface area contributed by atoms with Gasteiger partial charge in [-0.05, 0) is 42.7 Å². The highest BCUT2D eigenvalue weighted by atomic mass is 32.2. The van der Waals surface area contributed by atoms with E-state index >= 15 is 0 Å². The number of imide groups is 1. The third-order valence-corrected chi connectivity index (χ3v) is 6.07. The minimum atomic E-state index is -0.346. The standard InChI is InChI=1S/C22H22N4O3S/c1-2-15-8-10-16(11-9-15)26-20(28)17-6-3-4-7-18(17)24-22(26)30-13-5-12-25-19(27)14-23-21(25)29/h3-4,6-11H,2,5,12-14H2,1H3,(H,23,29). The molecular formula is C22H22N4O3S. The molecule has 0 unspecified atom stereocenters. The largest absolute Gasteiger partial charge is 0.329 e. The Morgan fingerprint density at radius 2 is 1.83 bits per heavy atom. The monoisotopic (exact) mass is 422 g/mol. The van der Waals surface area contributed by atoms with Crippen molar-refractivity contribution in [2.24, 2.45) is 0 Å². The van der Waals surface area contributed by atoms with Crippen LogP contribution in [0.4, 0.5) is 4.79 Å². The zero-order chi connectivity index (χ0) is 21.1. The van der Waals surface area contributed by atoms with Crippen molar-refractivity contribution in [3.63, 3.8) is 0 Å². The molecule has 3 amide bonds. The number of para-hydroxylation sites is 1. The van der Waals surface area contributed by atoms with Crippen molar-refractivity contribution in [3.8, 4) is 5.69 Å². The van der Waals surface area contributed by atoms with Gasteiger partial charge in [0.25, 0.3) is 5.56 Å². The minimum absolute atomic E-state index is 0.0610. The Labute approximate surface area is 178 Å². The lowest BCUT2D eigenvalue weighted by Gasteiger charge is -2.15. The van der Waals surface area contributed by atoms with Gasteiger partial charge < -0.3 is 5.32 Å². The summed E-state index contributed by atoms with van der Waals surface area (Å²) in [7, 11) is 0. The van der Waals surface area contributed by atoms with E-state index in [1.165, 1.54) is 22.2 Å². The lowest BCUT2D eigenvalue weighted by molar-refractivity contribution is -0.124. The molecule has 0 aliphatic carbocycles. The predicted octanol–water partition coefficient (Wildman–Crippen LogP) is 2.98. The number of aryl methyl sites for hydroxylation is 1. The van der Waals surface area contributed by atoms with Gasteiger partial charge in [0.2, 0.25) is 5.91 Å². The van der Waals surface area contributed by atoms with Crippen LogP contribution < -0.4 is 10.9 Å². The van der Waals surface area contributed by atoms with Gasteiger partial charge >= 0.3 is 6.03 Å². The third-order valence-electron chi connectivity index (χ3n) is 5.04. The molecule has 0 radical (unpaired) electrons. The van der Waals surface area contributed by atoms with Gasteiger partial charge in [-0.2, -0.15) is 0 Å². The van der Waals surface area contributed by atoms with Crippen molar-refractivity contribution in [2.45, 2.75) is 24.9 Å². The van der Waals surface area contributed by atoms with Gasteiger partial charge in [0.05, 0.1) is 23.1 Å². The van der Waals surface area contributed by atoms with Crippen molar-refractivity contribution < 1.29 is 9.59 Å². The summed E-state index contributed by atoms with van der Waals surface area (Å²) >= 11 is 1.45. The highest BCUT2D eigenvalue weighted by Crippen LogP contribution is 2.22. The summed E-state index contributed by atoms with van der Waals surface area (Å²) in [5, 5.41) is 3.69. The van der Waals surface area contributed by atoms with E-state index in [9.17, 15) is 14.4 Å². The summed E-state index contributed by atoms with van der Waals surface area (Å²) in [4.78, 5) is 42.6. The second-order valence-electron chi connectivity index (χ2n) is 6.98. The highest BCUT2D eigenvalue weighted by molar-refractivity contribution is 7.99. The van der Waals surface area contributed by atoms with Crippen molar-refractivity contribution in [1.82, 2.24) is 19.8 Å². The first kappa shape index (κ1) is 20.2. The van der Waals surface area contributed by atoms with E-state index in [1.807, 2.05) is 42.5 Å². The van der Waals surface area contributed by atoms with Gasteiger partial charge in [-0.3, -0.25) is 19.1 Å². The van der Waals surface area contributed by atoms with E-state index in [4.69, 9.17) is 4.98 Å². The predicted molar refractivity (Wildman–Crippen MR) is 117 cm³/mol. The maximum absolute atomic E-state index is 13.2. The van der Waals surface area contributed by atoms with Crippen LogP contribution in [0.25, 0.3) is 16.6 Å². The van der Waals surface area contributed by atoms with Crippen LogP contribution in [0, 0.1) is 0 Å². The summed E-state index contributed by atoms with van der Waals surface area (Å²) in [5.74, 6) is 0.413. The molecule has 0 saturated carbocycles. The molecule has 1 aliphatic heterocycles. The fourth-order valence-corrected chi connectivity index (χ4v) is 4.32. The van der Waals surface area contributed by atoms with Gasteiger partial charge in [0, 0.05) is 12.3 Å². The Balaban J connectivity index is 1.61. The number of amides is 3. The molecule has 2 heterocycles. The second kappa shape index (κ2) is 8.71. The molecule has 1 saturated heterocycles. The van der Waals surface area contributed by atoms with Gasteiger partial charge in [-0.15, -0.1) is 0 Å². The SMILES string of the molecule is CCc1ccc(-n2c(SCCCN3C(=O)CNC3=O)nc3ccccc3c2=O)cc1. The molecule has 7 nitrogen and oxygen atoms in total. The van der Waals surface area contributed by atoms with Crippen molar-refractivity contribution >= 4 is 34.6 Å². The molecule has 8 heteroatoms. The van der Waals surface area contributed by atoms with Crippen LogP contribution in [0.5, 0.6) is 0 Å². The molecule has 2 aromatic carbocycles. The number of fused-ring (bicyclic) bond motifs is 1. The molecule has 30 heavy (non-hydrogen) atoms. The average molecular weight is 423 g/mol. The highest BCUT2D eigenvalue weighted by Gasteiger charge is 2.27. The smallest absolute Gasteiger partial charge is 0.324 e. The van der Waals surface area contributed by atoms with E-state index in [0.717, 1.165) is 12.1 Å². The molecular weight excluding hydrogens is 400 g/mol. The number of benzene rings is 2. The zero-order valence-corrected chi connectivity index (χ0v) is 17.4. The van der Waals surface area contributed by atoms with Crippen LogP contribution in [0.2, 0.25) is 0 Å². The first-order valence-electron chi connectivity index (χ1n) is 9.90. The molecule has 1 aromatic heterocycles. The zero-order valence-electron chi connectivity index (χ0n) is 16.6. The summed E-state index contributed by atoms with van der Waals surface area (Å²) < 4.78 is 1.64. The molecule has 4 rings (SSSR count). The first-order valence-corrected chi connectivity index (χ1v) is 10.9. The quantitative estimate of drug-likeness (QED) is 0.274. The third kappa shape index (κ3) is 3.95. The lowest BCUT2D eigenvalue weighted by Crippen LogP contribution is -2.32. The Morgan fingerprint density at radius 3 is 2.53 bits per heavy atom. The number of nitrogens with one attached hydrogen (secondary N) is 1. The van der Waals surface area contributed by atoms with Crippen molar-refractivity contribution in [2.75, 3.05) is 18.8 Å². The number of carbonyl (C=O) groups excluding carboxylic acids is 2. The number of urea groups is 1. The average Bonchev–Trinajstić information content (AvgIpc) is 3.09. The van der Waals surface area contributed by atoms with Gasteiger partial charge in [0.1, 0.15) is 0 Å². The molecule has 3 aromatic rings. The van der Waals surface area contributed by atoms with E-state index in [2.05, 4.69) is 12.2 Å². The number of aromatic nitrogens is 2. The van der Waals surface area contributed by atoms with Crippen LogP contribution in [-0.2, 0) is 11.2 Å². The van der Waals surface area contributed by atoms with Gasteiger partial charge in [-0.25, -0.2) is 9.78 Å². The fraction of sp³-hybridized carbons (Fsp3) is 0.273. The number of hydrogen-bond acceptors (Lipinski definition) is 5. The summed E-state index contributed by atoms with van der Waals surface area (Å²) in [6, 6.07) is 14.9. The lowest BCUT2D eigenvalue weighted by atomic mass is 10.1. The number of hydrogen-bond donors (Lipinski definition) is 1. The maximum atomic E-state index is 13.2. The van der Waals surface area contributed by atoms with E-state index in [1.54, 1.807) is 10.6 Å².